The van der Waals surface area contributed by atoms with Gasteiger partial charge in [-0.25, -0.2) is 13.1 Å². The fourth-order valence-electron chi connectivity index (χ4n) is 1.22. The number of thioether (sulfide) groups is 1. The predicted octanol–water partition coefficient (Wildman–Crippen LogP) is 3.37. The molecule has 0 spiro atoms. The van der Waals surface area contributed by atoms with Crippen molar-refractivity contribution in [3.8, 4) is 0 Å². The third-order valence-electron chi connectivity index (χ3n) is 1.96. The summed E-state index contributed by atoms with van der Waals surface area (Å²) in [6.45, 7) is 1.38. The van der Waals surface area contributed by atoms with Crippen molar-refractivity contribution >= 4 is 37.7 Å². The van der Waals surface area contributed by atoms with Crippen LogP contribution in [0.15, 0.2) is 33.6 Å². The smallest absolute Gasteiger partial charge is 0.208 e. The molecule has 1 N–H and O–H groups in total. The summed E-state index contributed by atoms with van der Waals surface area (Å²) in [5.41, 5.74) is -4.37. The first-order valence-electron chi connectivity index (χ1n) is 5.09. The molecule has 1 aromatic carbocycles. The maximum absolute atomic E-state index is 12.0. The second kappa shape index (κ2) is 6.47. The first kappa shape index (κ1) is 16.8. The van der Waals surface area contributed by atoms with Crippen LogP contribution in [0.2, 0.25) is 0 Å². The van der Waals surface area contributed by atoms with Gasteiger partial charge in [0.25, 0.3) is 0 Å². The van der Waals surface area contributed by atoms with E-state index in [4.69, 9.17) is 0 Å². The molecular formula is C10H11BrF3NO2S2. The fraction of sp³-hybridized carbons (Fsp3) is 0.400. The van der Waals surface area contributed by atoms with Crippen molar-refractivity contribution in [1.82, 2.24) is 4.72 Å². The normalized spacial score (nSPS) is 14.4. The van der Waals surface area contributed by atoms with E-state index >= 15 is 0 Å². The van der Waals surface area contributed by atoms with E-state index < -0.39 is 21.6 Å². The molecular weight excluding hydrogens is 367 g/mol. The van der Waals surface area contributed by atoms with Gasteiger partial charge in [-0.15, -0.1) is 0 Å². The molecule has 0 amide bonds. The molecule has 1 atom stereocenters. The van der Waals surface area contributed by atoms with Crippen LogP contribution in [0, 0.1) is 0 Å². The molecule has 0 radical (unpaired) electrons. The van der Waals surface area contributed by atoms with Gasteiger partial charge in [-0.1, -0.05) is 22.0 Å². The minimum atomic E-state index is -4.37. The zero-order valence-electron chi connectivity index (χ0n) is 9.74. The summed E-state index contributed by atoms with van der Waals surface area (Å²) < 4.78 is 62.6. The summed E-state index contributed by atoms with van der Waals surface area (Å²) in [6, 6.07) is 5.12. The van der Waals surface area contributed by atoms with Crippen LogP contribution in [0.1, 0.15) is 6.92 Å². The fourth-order valence-corrected chi connectivity index (χ4v) is 3.69. The minimum absolute atomic E-state index is 0.00531. The third-order valence-corrected chi connectivity index (χ3v) is 5.03. The highest BCUT2D eigenvalue weighted by Gasteiger charge is 2.29. The molecule has 0 bridgehead atoms. The molecule has 9 heteroatoms. The van der Waals surface area contributed by atoms with Gasteiger partial charge in [0.2, 0.25) is 10.0 Å². The minimum Gasteiger partial charge on any atom is -0.208 e. The van der Waals surface area contributed by atoms with E-state index in [1.165, 1.54) is 25.1 Å². The molecule has 0 aliphatic rings. The summed E-state index contributed by atoms with van der Waals surface area (Å²) in [4.78, 5) is 0.00531. The van der Waals surface area contributed by atoms with Gasteiger partial charge in [0.05, 0.1) is 4.90 Å². The van der Waals surface area contributed by atoms with Gasteiger partial charge in [-0.3, -0.25) is 0 Å². The highest BCUT2D eigenvalue weighted by molar-refractivity contribution is 9.10. The van der Waals surface area contributed by atoms with Crippen molar-refractivity contribution in [2.24, 2.45) is 0 Å². The highest BCUT2D eigenvalue weighted by atomic mass is 79.9. The second-order valence-corrected chi connectivity index (χ2v) is 7.45. The van der Waals surface area contributed by atoms with E-state index in [1.54, 1.807) is 6.07 Å². The number of sulfonamides is 1. The Hall–Kier alpha value is -0.250. The Labute approximate surface area is 122 Å². The number of halogens is 4. The lowest BCUT2D eigenvalue weighted by atomic mass is 10.4. The van der Waals surface area contributed by atoms with Gasteiger partial charge in [-0.2, -0.15) is 13.2 Å². The standard InChI is InChI=1S/C10H11BrF3NO2S2/c1-7(6-18-10(12,13)14)15-19(16,17)9-4-2-3-8(11)5-9/h2-5,7,15H,6H2,1H3. The van der Waals surface area contributed by atoms with E-state index in [-0.39, 0.29) is 22.4 Å². The molecule has 0 fully saturated rings. The monoisotopic (exact) mass is 377 g/mol. The van der Waals surface area contributed by atoms with Gasteiger partial charge in [0, 0.05) is 16.3 Å². The zero-order valence-corrected chi connectivity index (χ0v) is 13.0. The molecule has 0 aliphatic carbocycles. The molecule has 0 aromatic heterocycles. The van der Waals surface area contributed by atoms with Gasteiger partial charge in [0.1, 0.15) is 0 Å². The van der Waals surface area contributed by atoms with Gasteiger partial charge < -0.3 is 0 Å². The lowest BCUT2D eigenvalue weighted by molar-refractivity contribution is -0.0328. The van der Waals surface area contributed by atoms with E-state index in [0.717, 1.165) is 0 Å². The first-order valence-corrected chi connectivity index (χ1v) is 8.35. The molecule has 0 saturated carbocycles. The molecule has 1 unspecified atom stereocenters. The van der Waals surface area contributed by atoms with E-state index in [1.807, 2.05) is 0 Å². The van der Waals surface area contributed by atoms with E-state index in [0.29, 0.717) is 4.47 Å². The largest absolute Gasteiger partial charge is 0.441 e. The lowest BCUT2D eigenvalue weighted by Crippen LogP contribution is -2.34. The molecule has 3 nitrogen and oxygen atoms in total. The molecule has 1 rings (SSSR count). The average molecular weight is 378 g/mol. The van der Waals surface area contributed by atoms with Crippen LogP contribution in [0.25, 0.3) is 0 Å². The van der Waals surface area contributed by atoms with Crippen LogP contribution in [0.5, 0.6) is 0 Å². The maximum atomic E-state index is 12.0. The second-order valence-electron chi connectivity index (χ2n) is 3.74. The molecule has 1 aromatic rings. The van der Waals surface area contributed by atoms with Gasteiger partial charge in [-0.05, 0) is 36.9 Å². The molecule has 108 valence electrons. The maximum Gasteiger partial charge on any atom is 0.441 e. The van der Waals surface area contributed by atoms with Crippen LogP contribution in [0.3, 0.4) is 0 Å². The molecule has 0 heterocycles. The number of hydrogen-bond acceptors (Lipinski definition) is 3. The number of hydrogen-bond donors (Lipinski definition) is 1. The Bertz CT molecular complexity index is 534. The number of benzene rings is 1. The Morgan fingerprint density at radius 3 is 2.58 bits per heavy atom. The third kappa shape index (κ3) is 6.15. The van der Waals surface area contributed by atoms with Crippen LogP contribution < -0.4 is 4.72 Å². The summed E-state index contributed by atoms with van der Waals surface area (Å²) in [5.74, 6) is -0.378. The van der Waals surface area contributed by atoms with Crippen molar-refractivity contribution in [3.63, 3.8) is 0 Å². The van der Waals surface area contributed by atoms with E-state index in [2.05, 4.69) is 20.7 Å². The highest BCUT2D eigenvalue weighted by Crippen LogP contribution is 2.30. The molecule has 0 saturated heterocycles. The molecule has 19 heavy (non-hydrogen) atoms. The van der Waals surface area contributed by atoms with Crippen LogP contribution >= 0.6 is 27.7 Å². The Kier molecular flexibility index (Phi) is 5.72. The van der Waals surface area contributed by atoms with Gasteiger partial charge >= 0.3 is 5.51 Å². The zero-order chi connectivity index (χ0) is 14.7. The summed E-state index contributed by atoms with van der Waals surface area (Å²) >= 11 is 2.88. The average Bonchev–Trinajstić information content (AvgIpc) is 2.25. The van der Waals surface area contributed by atoms with Gasteiger partial charge in [0.15, 0.2) is 0 Å². The molecule has 0 aliphatic heterocycles. The predicted molar refractivity (Wildman–Crippen MR) is 72.4 cm³/mol. The number of nitrogens with one attached hydrogen (secondary N) is 1. The first-order chi connectivity index (χ1) is 8.60. The Morgan fingerprint density at radius 1 is 1.42 bits per heavy atom. The van der Waals surface area contributed by atoms with Crippen molar-refractivity contribution in [2.45, 2.75) is 23.4 Å². The van der Waals surface area contributed by atoms with Crippen LogP contribution in [-0.2, 0) is 10.0 Å². The van der Waals surface area contributed by atoms with Crippen molar-refractivity contribution in [3.05, 3.63) is 28.7 Å². The summed E-state index contributed by atoms with van der Waals surface area (Å²) in [7, 11) is -3.81. The Balaban J connectivity index is 2.70. The topological polar surface area (TPSA) is 46.2 Å². The summed E-state index contributed by atoms with van der Waals surface area (Å²) in [5, 5.41) is 0. The summed E-state index contributed by atoms with van der Waals surface area (Å²) in [6.07, 6.45) is 0. The lowest BCUT2D eigenvalue weighted by Gasteiger charge is -2.15. The van der Waals surface area contributed by atoms with Crippen LogP contribution in [0.4, 0.5) is 13.2 Å². The van der Waals surface area contributed by atoms with Crippen molar-refractivity contribution in [2.75, 3.05) is 5.75 Å². The van der Waals surface area contributed by atoms with Crippen molar-refractivity contribution < 1.29 is 21.6 Å². The SMILES string of the molecule is CC(CSC(F)(F)F)NS(=O)(=O)c1cccc(Br)c1. The van der Waals surface area contributed by atoms with E-state index in [9.17, 15) is 21.6 Å². The Morgan fingerprint density at radius 2 is 2.05 bits per heavy atom. The van der Waals surface area contributed by atoms with Crippen LogP contribution in [-0.4, -0.2) is 25.7 Å². The number of rotatable bonds is 5. The number of alkyl halides is 3. The van der Waals surface area contributed by atoms with Crippen molar-refractivity contribution in [1.29, 1.82) is 0 Å². The quantitative estimate of drug-likeness (QED) is 0.855.